The highest BCUT2D eigenvalue weighted by Crippen LogP contribution is 2.28. The Morgan fingerprint density at radius 1 is 1.24 bits per heavy atom. The minimum Gasteiger partial charge on any atom is -0.447 e. The average Bonchev–Trinajstić information content (AvgIpc) is 3.04. The van der Waals surface area contributed by atoms with Crippen LogP contribution in [0.5, 0.6) is 0 Å². The van der Waals surface area contributed by atoms with Crippen molar-refractivity contribution in [2.45, 2.75) is 51.8 Å². The lowest BCUT2D eigenvalue weighted by Crippen LogP contribution is -2.42. The van der Waals surface area contributed by atoms with Gasteiger partial charge in [-0.2, -0.15) is 4.98 Å². The van der Waals surface area contributed by atoms with Crippen molar-refractivity contribution in [3.05, 3.63) is 47.2 Å². The highest BCUT2D eigenvalue weighted by Gasteiger charge is 2.39. The van der Waals surface area contributed by atoms with E-state index in [1.165, 1.54) is 13.0 Å². The molecule has 0 spiro atoms. The summed E-state index contributed by atoms with van der Waals surface area (Å²) in [6, 6.07) is 3.76. The molecule has 0 bridgehead atoms. The third-order valence-corrected chi connectivity index (χ3v) is 4.92. The maximum absolute atomic E-state index is 14.5. The van der Waals surface area contributed by atoms with E-state index in [0.29, 0.717) is 5.56 Å². The van der Waals surface area contributed by atoms with Crippen molar-refractivity contribution in [3.8, 4) is 0 Å². The molecule has 3 rings (SSSR count). The Bertz CT molecular complexity index is 907. The van der Waals surface area contributed by atoms with Gasteiger partial charge >= 0.3 is 6.09 Å². The van der Waals surface area contributed by atoms with Crippen molar-refractivity contribution < 1.29 is 23.4 Å². The van der Waals surface area contributed by atoms with Crippen LogP contribution < -0.4 is 10.2 Å². The number of amides is 1. The molecule has 1 aliphatic rings. The first kappa shape index (κ1) is 20.9. The number of halogens is 2. The summed E-state index contributed by atoms with van der Waals surface area (Å²) < 4.78 is 33.8. The van der Waals surface area contributed by atoms with E-state index in [0.717, 1.165) is 16.7 Å². The van der Waals surface area contributed by atoms with Gasteiger partial charge in [0, 0.05) is 5.56 Å². The first-order valence-electron chi connectivity index (χ1n) is 9.41. The fourth-order valence-electron chi connectivity index (χ4n) is 3.16. The van der Waals surface area contributed by atoms with Crippen LogP contribution in [-0.2, 0) is 4.74 Å². The number of nitrogens with zero attached hydrogens (tertiary/aromatic N) is 3. The lowest BCUT2D eigenvalue weighted by atomic mass is 9.99. The number of hydrogen-bond donors (Lipinski definition) is 2. The number of cyclic esters (lactones) is 1. The van der Waals surface area contributed by atoms with Crippen LogP contribution in [0.15, 0.2) is 24.4 Å². The van der Waals surface area contributed by atoms with Crippen molar-refractivity contribution >= 4 is 17.9 Å². The van der Waals surface area contributed by atoms with E-state index < -0.39 is 30.1 Å². The molecule has 156 valence electrons. The molecule has 0 saturated carbocycles. The monoisotopic (exact) mass is 406 g/mol. The molecule has 1 aromatic heterocycles. The first-order chi connectivity index (χ1) is 13.7. The van der Waals surface area contributed by atoms with Crippen LogP contribution in [0.25, 0.3) is 0 Å². The summed E-state index contributed by atoms with van der Waals surface area (Å²) >= 11 is 0. The third kappa shape index (κ3) is 4.29. The summed E-state index contributed by atoms with van der Waals surface area (Å²) in [6.45, 7) is 7.08. The number of aliphatic hydroxyl groups is 1. The van der Waals surface area contributed by atoms with Crippen LogP contribution in [0.4, 0.5) is 25.3 Å². The van der Waals surface area contributed by atoms with Crippen LogP contribution in [0.1, 0.15) is 50.8 Å². The minimum absolute atomic E-state index is 0.0188. The fraction of sp³-hybridized carbons (Fsp3) is 0.450. The number of anilines is 2. The second-order valence-electron chi connectivity index (χ2n) is 7.42. The van der Waals surface area contributed by atoms with Gasteiger partial charge in [-0.15, -0.1) is 0 Å². The largest absolute Gasteiger partial charge is 0.447 e. The van der Waals surface area contributed by atoms with Crippen LogP contribution in [0, 0.1) is 11.6 Å². The molecular formula is C20H24F2N4O3. The molecule has 0 aliphatic carbocycles. The predicted molar refractivity (Wildman–Crippen MR) is 104 cm³/mol. The molecule has 2 aromatic rings. The van der Waals surface area contributed by atoms with Gasteiger partial charge < -0.3 is 15.2 Å². The Balaban J connectivity index is 1.86. The van der Waals surface area contributed by atoms with Crippen LogP contribution in [0.3, 0.4) is 0 Å². The Kier molecular flexibility index (Phi) is 5.97. The van der Waals surface area contributed by atoms with Gasteiger partial charge in [0.1, 0.15) is 18.5 Å². The SMILES string of the molecule is CC(C)c1ccc([C@H](C)Nc2ncc(F)c(N3C(=O)OCC3[C@@H](C)O)n2)c(F)c1. The molecule has 0 radical (unpaired) electrons. The minimum atomic E-state index is -0.945. The van der Waals surface area contributed by atoms with Crippen LogP contribution in [-0.4, -0.2) is 39.9 Å². The number of carbonyl (C=O) groups excluding carboxylic acids is 1. The van der Waals surface area contributed by atoms with Gasteiger partial charge in [0.15, 0.2) is 11.6 Å². The molecule has 3 atom stereocenters. The maximum Gasteiger partial charge on any atom is 0.416 e. The number of rotatable bonds is 6. The third-order valence-electron chi connectivity index (χ3n) is 4.92. The Hall–Kier alpha value is -2.81. The maximum atomic E-state index is 14.5. The van der Waals surface area contributed by atoms with Crippen molar-refractivity contribution in [3.63, 3.8) is 0 Å². The average molecular weight is 406 g/mol. The zero-order valence-corrected chi connectivity index (χ0v) is 16.7. The van der Waals surface area contributed by atoms with Gasteiger partial charge in [0.2, 0.25) is 5.95 Å². The topological polar surface area (TPSA) is 87.6 Å². The molecule has 1 amide bonds. The van der Waals surface area contributed by atoms with Gasteiger partial charge in [-0.25, -0.2) is 23.5 Å². The fourth-order valence-corrected chi connectivity index (χ4v) is 3.16. The van der Waals surface area contributed by atoms with E-state index in [9.17, 15) is 18.7 Å². The van der Waals surface area contributed by atoms with E-state index in [-0.39, 0.29) is 30.1 Å². The molecule has 1 aromatic carbocycles. The Morgan fingerprint density at radius 2 is 1.97 bits per heavy atom. The number of aromatic nitrogens is 2. The highest BCUT2D eigenvalue weighted by molar-refractivity contribution is 5.89. The number of carbonyl (C=O) groups is 1. The number of ether oxygens (including phenoxy) is 1. The number of hydrogen-bond acceptors (Lipinski definition) is 6. The van der Waals surface area contributed by atoms with E-state index in [4.69, 9.17) is 4.74 Å². The molecular weight excluding hydrogens is 382 g/mol. The van der Waals surface area contributed by atoms with E-state index in [1.807, 2.05) is 19.9 Å². The second-order valence-corrected chi connectivity index (χ2v) is 7.42. The molecule has 1 aliphatic heterocycles. The number of nitrogens with one attached hydrogen (secondary N) is 1. The van der Waals surface area contributed by atoms with E-state index in [2.05, 4.69) is 15.3 Å². The number of benzene rings is 1. The van der Waals surface area contributed by atoms with Gasteiger partial charge in [-0.05, 0) is 31.4 Å². The van der Waals surface area contributed by atoms with Gasteiger partial charge in [0.25, 0.3) is 0 Å². The highest BCUT2D eigenvalue weighted by atomic mass is 19.1. The predicted octanol–water partition coefficient (Wildman–Crippen LogP) is 3.76. The summed E-state index contributed by atoms with van der Waals surface area (Å²) in [5, 5.41) is 12.8. The van der Waals surface area contributed by atoms with Crippen molar-refractivity contribution in [2.24, 2.45) is 0 Å². The lowest BCUT2D eigenvalue weighted by Gasteiger charge is -2.23. The zero-order chi connectivity index (χ0) is 21.3. The molecule has 29 heavy (non-hydrogen) atoms. The quantitative estimate of drug-likeness (QED) is 0.760. The standard InChI is InChI=1S/C20H24F2N4O3/c1-10(2)13-5-6-14(15(21)7-13)11(3)24-19-23-8-16(22)18(25-19)26-17(12(4)27)9-29-20(26)28/h5-8,10-12,17,27H,9H2,1-4H3,(H,23,24,25)/t11-,12+,17?/m0/s1. The lowest BCUT2D eigenvalue weighted by molar-refractivity contribution is 0.142. The van der Waals surface area contributed by atoms with Crippen molar-refractivity contribution in [2.75, 3.05) is 16.8 Å². The molecule has 2 N–H and O–H groups in total. The summed E-state index contributed by atoms with van der Waals surface area (Å²) in [5.74, 6) is -1.29. The molecule has 9 heteroatoms. The van der Waals surface area contributed by atoms with Crippen molar-refractivity contribution in [1.29, 1.82) is 0 Å². The van der Waals surface area contributed by atoms with E-state index >= 15 is 0 Å². The summed E-state index contributed by atoms with van der Waals surface area (Å²) in [4.78, 5) is 20.9. The second kappa shape index (κ2) is 8.28. The molecule has 1 fully saturated rings. The molecule has 2 heterocycles. The molecule has 1 unspecified atom stereocenters. The summed E-state index contributed by atoms with van der Waals surface area (Å²) in [6.07, 6.45) is -0.831. The number of aliphatic hydroxyl groups excluding tert-OH is 1. The smallest absolute Gasteiger partial charge is 0.416 e. The van der Waals surface area contributed by atoms with Crippen molar-refractivity contribution in [1.82, 2.24) is 9.97 Å². The normalized spacial score (nSPS) is 18.7. The summed E-state index contributed by atoms with van der Waals surface area (Å²) in [7, 11) is 0. The zero-order valence-electron chi connectivity index (χ0n) is 16.7. The van der Waals surface area contributed by atoms with E-state index in [1.54, 1.807) is 13.0 Å². The summed E-state index contributed by atoms with van der Waals surface area (Å²) in [5.41, 5.74) is 1.29. The van der Waals surface area contributed by atoms with Crippen LogP contribution in [0.2, 0.25) is 0 Å². The Labute approximate surface area is 167 Å². The first-order valence-corrected chi connectivity index (χ1v) is 9.41. The van der Waals surface area contributed by atoms with Gasteiger partial charge in [0.05, 0.1) is 18.3 Å². The molecule has 1 saturated heterocycles. The van der Waals surface area contributed by atoms with Crippen LogP contribution >= 0.6 is 0 Å². The Morgan fingerprint density at radius 3 is 2.59 bits per heavy atom. The van der Waals surface area contributed by atoms with Gasteiger partial charge in [-0.3, -0.25) is 0 Å². The molecule has 7 nitrogen and oxygen atoms in total. The van der Waals surface area contributed by atoms with Gasteiger partial charge in [-0.1, -0.05) is 26.0 Å².